The summed E-state index contributed by atoms with van der Waals surface area (Å²) in [6.45, 7) is 12.1. The van der Waals surface area contributed by atoms with Crippen LogP contribution in [-0.4, -0.2) is 31.5 Å². The first-order valence-corrected chi connectivity index (χ1v) is 7.36. The van der Waals surface area contributed by atoms with Crippen molar-refractivity contribution in [2.75, 3.05) is 7.11 Å². The molecule has 4 nitrogen and oxygen atoms in total. The SMILES string of the molecule is COc1cc(OC(C)C)cc(B2OC(C)(C)C(C)(C)O2)c1. The van der Waals surface area contributed by atoms with Gasteiger partial charge in [-0.25, -0.2) is 0 Å². The molecule has 0 radical (unpaired) electrons. The van der Waals surface area contributed by atoms with E-state index in [1.807, 2.05) is 59.7 Å². The van der Waals surface area contributed by atoms with Crippen molar-refractivity contribution in [1.29, 1.82) is 0 Å². The number of hydrogen-bond acceptors (Lipinski definition) is 4. The molecule has 0 unspecified atom stereocenters. The van der Waals surface area contributed by atoms with Crippen LogP contribution in [0.5, 0.6) is 11.5 Å². The minimum absolute atomic E-state index is 0.100. The summed E-state index contributed by atoms with van der Waals surface area (Å²) in [6, 6.07) is 5.74. The third-order valence-electron chi connectivity index (χ3n) is 4.04. The Balaban J connectivity index is 2.32. The Morgan fingerprint density at radius 2 is 1.48 bits per heavy atom. The fourth-order valence-electron chi connectivity index (χ4n) is 2.17. The predicted octanol–water partition coefficient (Wildman–Crippen LogP) is 2.78. The van der Waals surface area contributed by atoms with Crippen LogP contribution in [0.3, 0.4) is 0 Å². The van der Waals surface area contributed by atoms with Gasteiger partial charge in [0, 0.05) is 6.07 Å². The molecule has 1 saturated heterocycles. The van der Waals surface area contributed by atoms with E-state index >= 15 is 0 Å². The highest BCUT2D eigenvalue weighted by molar-refractivity contribution is 6.62. The van der Waals surface area contributed by atoms with Crippen LogP contribution in [0, 0.1) is 0 Å². The molecule has 21 heavy (non-hydrogen) atoms. The molecule has 0 bridgehead atoms. The molecule has 0 atom stereocenters. The maximum atomic E-state index is 6.08. The molecule has 0 aliphatic carbocycles. The van der Waals surface area contributed by atoms with Gasteiger partial charge in [-0.15, -0.1) is 0 Å². The van der Waals surface area contributed by atoms with Gasteiger partial charge in [-0.1, -0.05) is 0 Å². The molecule has 1 aromatic carbocycles. The van der Waals surface area contributed by atoms with E-state index in [1.54, 1.807) is 7.11 Å². The summed E-state index contributed by atoms with van der Waals surface area (Å²) >= 11 is 0. The third kappa shape index (κ3) is 3.35. The van der Waals surface area contributed by atoms with Crippen molar-refractivity contribution in [3.8, 4) is 11.5 Å². The second kappa shape index (κ2) is 5.54. The van der Waals surface area contributed by atoms with Gasteiger partial charge in [0.2, 0.25) is 0 Å². The molecular formula is C16H25BO4. The molecule has 1 heterocycles. The van der Waals surface area contributed by atoms with Gasteiger partial charge in [-0.05, 0) is 59.1 Å². The van der Waals surface area contributed by atoms with E-state index in [1.165, 1.54) is 0 Å². The zero-order chi connectivity index (χ0) is 15.8. The standard InChI is InChI=1S/C16H25BO4/c1-11(2)19-14-9-12(8-13(10-14)18-7)17-20-15(3,4)16(5,6)21-17/h8-11H,1-7H3. The number of benzene rings is 1. The van der Waals surface area contributed by atoms with Crippen molar-refractivity contribution < 1.29 is 18.8 Å². The number of methoxy groups -OCH3 is 1. The van der Waals surface area contributed by atoms with Crippen LogP contribution in [0.1, 0.15) is 41.5 Å². The van der Waals surface area contributed by atoms with Crippen LogP contribution >= 0.6 is 0 Å². The van der Waals surface area contributed by atoms with Gasteiger partial charge in [-0.3, -0.25) is 0 Å². The van der Waals surface area contributed by atoms with Gasteiger partial charge in [-0.2, -0.15) is 0 Å². The van der Waals surface area contributed by atoms with Gasteiger partial charge in [0.25, 0.3) is 0 Å². The summed E-state index contributed by atoms with van der Waals surface area (Å²) in [7, 11) is 1.22. The molecule has 1 fully saturated rings. The van der Waals surface area contributed by atoms with Crippen molar-refractivity contribution >= 4 is 12.6 Å². The Bertz CT molecular complexity index is 495. The molecule has 0 spiro atoms. The Kier molecular flexibility index (Phi) is 4.27. The number of hydrogen-bond donors (Lipinski definition) is 0. The topological polar surface area (TPSA) is 36.9 Å². The molecule has 1 aliphatic heterocycles. The monoisotopic (exact) mass is 292 g/mol. The van der Waals surface area contributed by atoms with E-state index < -0.39 is 7.12 Å². The predicted molar refractivity (Wildman–Crippen MR) is 84.5 cm³/mol. The normalized spacial score (nSPS) is 19.9. The summed E-state index contributed by atoms with van der Waals surface area (Å²) in [6.07, 6.45) is 0.100. The van der Waals surface area contributed by atoms with Crippen LogP contribution in [0.2, 0.25) is 0 Å². The molecule has 1 aromatic rings. The summed E-state index contributed by atoms with van der Waals surface area (Å²) in [5.41, 5.74) is 0.184. The highest BCUT2D eigenvalue weighted by Crippen LogP contribution is 2.37. The summed E-state index contributed by atoms with van der Waals surface area (Å²) in [5, 5.41) is 0. The summed E-state index contributed by atoms with van der Waals surface area (Å²) < 4.78 is 23.3. The zero-order valence-electron chi connectivity index (χ0n) is 14.0. The molecule has 1 aliphatic rings. The molecular weight excluding hydrogens is 267 g/mol. The Morgan fingerprint density at radius 1 is 0.952 bits per heavy atom. The fraction of sp³-hybridized carbons (Fsp3) is 0.625. The molecule has 0 amide bonds. The molecule has 0 saturated carbocycles. The molecule has 0 aromatic heterocycles. The minimum Gasteiger partial charge on any atom is -0.497 e. The van der Waals surface area contributed by atoms with E-state index in [0.29, 0.717) is 0 Å². The van der Waals surface area contributed by atoms with E-state index in [9.17, 15) is 0 Å². The average molecular weight is 292 g/mol. The zero-order valence-corrected chi connectivity index (χ0v) is 14.0. The second-order valence-electron chi connectivity index (χ2n) is 6.70. The van der Waals surface area contributed by atoms with Crippen LogP contribution in [0.25, 0.3) is 0 Å². The average Bonchev–Trinajstić information content (AvgIpc) is 2.57. The van der Waals surface area contributed by atoms with Crippen molar-refractivity contribution in [2.45, 2.75) is 58.8 Å². The Morgan fingerprint density at radius 3 is 1.95 bits per heavy atom. The largest absolute Gasteiger partial charge is 0.497 e. The maximum absolute atomic E-state index is 6.08. The first-order valence-electron chi connectivity index (χ1n) is 7.36. The Hall–Kier alpha value is -1.20. The summed E-state index contributed by atoms with van der Waals surface area (Å²) in [5.74, 6) is 1.49. The molecule has 116 valence electrons. The van der Waals surface area contributed by atoms with Gasteiger partial charge < -0.3 is 18.8 Å². The van der Waals surface area contributed by atoms with Gasteiger partial charge >= 0.3 is 7.12 Å². The van der Waals surface area contributed by atoms with Crippen LogP contribution in [0.15, 0.2) is 18.2 Å². The second-order valence-corrected chi connectivity index (χ2v) is 6.70. The van der Waals surface area contributed by atoms with Crippen LogP contribution in [0.4, 0.5) is 0 Å². The first-order chi connectivity index (χ1) is 9.64. The van der Waals surface area contributed by atoms with Gasteiger partial charge in [0.05, 0.1) is 24.4 Å². The molecule has 0 N–H and O–H groups in total. The van der Waals surface area contributed by atoms with Crippen molar-refractivity contribution in [1.82, 2.24) is 0 Å². The summed E-state index contributed by atoms with van der Waals surface area (Å²) in [4.78, 5) is 0. The number of rotatable bonds is 4. The van der Waals surface area contributed by atoms with Gasteiger partial charge in [0.1, 0.15) is 11.5 Å². The third-order valence-corrected chi connectivity index (χ3v) is 4.04. The smallest absolute Gasteiger partial charge is 0.495 e. The van der Waals surface area contributed by atoms with Crippen molar-refractivity contribution in [2.24, 2.45) is 0 Å². The highest BCUT2D eigenvalue weighted by Gasteiger charge is 2.51. The highest BCUT2D eigenvalue weighted by atomic mass is 16.7. The Labute approximate surface area is 127 Å². The van der Waals surface area contributed by atoms with E-state index in [4.69, 9.17) is 18.8 Å². The fourth-order valence-corrected chi connectivity index (χ4v) is 2.17. The lowest BCUT2D eigenvalue weighted by Crippen LogP contribution is -2.41. The van der Waals surface area contributed by atoms with Gasteiger partial charge in [0.15, 0.2) is 0 Å². The lowest BCUT2D eigenvalue weighted by atomic mass is 9.79. The lowest BCUT2D eigenvalue weighted by molar-refractivity contribution is 0.00578. The molecule has 2 rings (SSSR count). The van der Waals surface area contributed by atoms with Crippen molar-refractivity contribution in [3.63, 3.8) is 0 Å². The minimum atomic E-state index is -0.417. The maximum Gasteiger partial charge on any atom is 0.495 e. The molecule has 5 heteroatoms. The quantitative estimate of drug-likeness (QED) is 0.800. The van der Waals surface area contributed by atoms with Crippen LogP contribution < -0.4 is 14.9 Å². The van der Waals surface area contributed by atoms with E-state index in [2.05, 4.69) is 0 Å². The van der Waals surface area contributed by atoms with E-state index in [-0.39, 0.29) is 17.3 Å². The first kappa shape index (κ1) is 16.2. The van der Waals surface area contributed by atoms with Crippen LogP contribution in [-0.2, 0) is 9.31 Å². The lowest BCUT2D eigenvalue weighted by Gasteiger charge is -2.32. The van der Waals surface area contributed by atoms with E-state index in [0.717, 1.165) is 17.0 Å². The number of ether oxygens (including phenoxy) is 2. The van der Waals surface area contributed by atoms with Crippen molar-refractivity contribution in [3.05, 3.63) is 18.2 Å².